The molecule has 1 unspecified atom stereocenters. The highest BCUT2D eigenvalue weighted by Gasteiger charge is 2.09. The van der Waals surface area contributed by atoms with Crippen molar-refractivity contribution in [2.24, 2.45) is 5.92 Å². The Morgan fingerprint density at radius 2 is 2.00 bits per heavy atom. The lowest BCUT2D eigenvalue weighted by molar-refractivity contribution is -0.120. The number of nitrogens with one attached hydrogen (secondary N) is 1. The van der Waals surface area contributed by atoms with Crippen molar-refractivity contribution in [2.75, 3.05) is 13.2 Å². The Kier molecular flexibility index (Phi) is 7.53. The number of halogens is 1. The number of carbonyl (C=O) groups is 1. The van der Waals surface area contributed by atoms with Gasteiger partial charge in [0.2, 0.25) is 5.91 Å². The van der Waals surface area contributed by atoms with Crippen molar-refractivity contribution in [1.29, 1.82) is 0 Å². The SMILES string of the molecule is CCCC(CCO)CNC(=O)Cc1ccc(Cl)cc1. The Morgan fingerprint density at radius 1 is 1.32 bits per heavy atom. The third-order valence-corrected chi connectivity index (χ3v) is 3.35. The van der Waals surface area contributed by atoms with E-state index in [0.29, 0.717) is 23.9 Å². The van der Waals surface area contributed by atoms with E-state index in [-0.39, 0.29) is 12.5 Å². The summed E-state index contributed by atoms with van der Waals surface area (Å²) in [6.07, 6.45) is 3.21. The fourth-order valence-corrected chi connectivity index (χ4v) is 2.17. The highest BCUT2D eigenvalue weighted by atomic mass is 35.5. The van der Waals surface area contributed by atoms with Crippen molar-refractivity contribution in [3.63, 3.8) is 0 Å². The molecule has 3 nitrogen and oxygen atoms in total. The molecule has 0 fully saturated rings. The largest absolute Gasteiger partial charge is 0.396 e. The fourth-order valence-electron chi connectivity index (χ4n) is 2.05. The van der Waals surface area contributed by atoms with Crippen LogP contribution in [0.4, 0.5) is 0 Å². The Labute approximate surface area is 120 Å². The number of hydrogen-bond acceptors (Lipinski definition) is 2. The third-order valence-electron chi connectivity index (χ3n) is 3.10. The van der Waals surface area contributed by atoms with Gasteiger partial charge in [0.25, 0.3) is 0 Å². The van der Waals surface area contributed by atoms with Crippen molar-refractivity contribution in [3.05, 3.63) is 34.9 Å². The van der Waals surface area contributed by atoms with Crippen molar-refractivity contribution in [1.82, 2.24) is 5.32 Å². The average molecular weight is 284 g/mol. The van der Waals surface area contributed by atoms with Crippen LogP contribution in [-0.2, 0) is 11.2 Å². The Hall–Kier alpha value is -1.06. The van der Waals surface area contributed by atoms with Gasteiger partial charge in [-0.2, -0.15) is 0 Å². The van der Waals surface area contributed by atoms with Crippen LogP contribution in [0, 0.1) is 5.92 Å². The molecule has 106 valence electrons. The second-order valence-electron chi connectivity index (χ2n) is 4.77. The lowest BCUT2D eigenvalue weighted by atomic mass is 10.00. The highest BCUT2D eigenvalue weighted by molar-refractivity contribution is 6.30. The van der Waals surface area contributed by atoms with E-state index in [4.69, 9.17) is 16.7 Å². The summed E-state index contributed by atoms with van der Waals surface area (Å²) in [5.41, 5.74) is 0.955. The molecule has 0 saturated carbocycles. The van der Waals surface area contributed by atoms with Gasteiger partial charge in [-0.15, -0.1) is 0 Å². The number of carbonyl (C=O) groups excluding carboxylic acids is 1. The molecule has 19 heavy (non-hydrogen) atoms. The zero-order valence-corrected chi connectivity index (χ0v) is 12.1. The summed E-state index contributed by atoms with van der Waals surface area (Å²) in [7, 11) is 0. The first kappa shape index (κ1) is 16.0. The molecule has 0 aliphatic rings. The first-order valence-electron chi connectivity index (χ1n) is 6.77. The van der Waals surface area contributed by atoms with E-state index in [1.54, 1.807) is 12.1 Å². The second-order valence-corrected chi connectivity index (χ2v) is 5.21. The van der Waals surface area contributed by atoms with Crippen molar-refractivity contribution >= 4 is 17.5 Å². The van der Waals surface area contributed by atoms with Gasteiger partial charge in [-0.25, -0.2) is 0 Å². The van der Waals surface area contributed by atoms with Crippen LogP contribution in [-0.4, -0.2) is 24.2 Å². The van der Waals surface area contributed by atoms with Crippen LogP contribution in [0.1, 0.15) is 31.7 Å². The second kappa shape index (κ2) is 8.94. The number of aliphatic hydroxyl groups excluding tert-OH is 1. The van der Waals surface area contributed by atoms with Crippen LogP contribution in [0.3, 0.4) is 0 Å². The Balaban J connectivity index is 2.35. The number of amides is 1. The molecule has 1 atom stereocenters. The van der Waals surface area contributed by atoms with E-state index in [0.717, 1.165) is 24.8 Å². The molecule has 1 aromatic rings. The minimum absolute atomic E-state index is 0.0152. The predicted molar refractivity (Wildman–Crippen MR) is 78.3 cm³/mol. The molecule has 1 aromatic carbocycles. The smallest absolute Gasteiger partial charge is 0.224 e. The van der Waals surface area contributed by atoms with E-state index >= 15 is 0 Å². The van der Waals surface area contributed by atoms with Gasteiger partial charge in [0.15, 0.2) is 0 Å². The van der Waals surface area contributed by atoms with Crippen LogP contribution in [0.2, 0.25) is 5.02 Å². The number of benzene rings is 1. The molecule has 0 heterocycles. The van der Waals surface area contributed by atoms with Crippen LogP contribution in [0.25, 0.3) is 0 Å². The molecule has 4 heteroatoms. The van der Waals surface area contributed by atoms with E-state index in [1.165, 1.54) is 0 Å². The van der Waals surface area contributed by atoms with E-state index in [1.807, 2.05) is 12.1 Å². The van der Waals surface area contributed by atoms with Gasteiger partial charge in [-0.05, 0) is 36.5 Å². The van der Waals surface area contributed by atoms with Gasteiger partial charge in [0.05, 0.1) is 6.42 Å². The zero-order chi connectivity index (χ0) is 14.1. The number of rotatable bonds is 8. The monoisotopic (exact) mass is 283 g/mol. The summed E-state index contributed by atoms with van der Waals surface area (Å²) in [5.74, 6) is 0.380. The zero-order valence-electron chi connectivity index (χ0n) is 11.4. The van der Waals surface area contributed by atoms with E-state index in [9.17, 15) is 4.79 Å². The maximum Gasteiger partial charge on any atom is 0.224 e. The number of hydrogen-bond donors (Lipinski definition) is 2. The molecular formula is C15H22ClNO2. The average Bonchev–Trinajstić information content (AvgIpc) is 2.39. The summed E-state index contributed by atoms with van der Waals surface area (Å²) in [4.78, 5) is 11.8. The highest BCUT2D eigenvalue weighted by Crippen LogP contribution is 2.11. The van der Waals surface area contributed by atoms with Gasteiger partial charge in [-0.1, -0.05) is 37.1 Å². The van der Waals surface area contributed by atoms with Gasteiger partial charge in [0, 0.05) is 18.2 Å². The summed E-state index contributed by atoms with van der Waals surface area (Å²) >= 11 is 5.80. The fraction of sp³-hybridized carbons (Fsp3) is 0.533. The minimum atomic E-state index is 0.0152. The quantitative estimate of drug-likeness (QED) is 0.771. The normalized spacial score (nSPS) is 12.2. The summed E-state index contributed by atoms with van der Waals surface area (Å²) in [5, 5.41) is 12.6. The van der Waals surface area contributed by atoms with Gasteiger partial charge in [-0.3, -0.25) is 4.79 Å². The minimum Gasteiger partial charge on any atom is -0.396 e. The van der Waals surface area contributed by atoms with Crippen LogP contribution < -0.4 is 5.32 Å². The van der Waals surface area contributed by atoms with E-state index in [2.05, 4.69) is 12.2 Å². The topological polar surface area (TPSA) is 49.3 Å². The molecule has 1 rings (SSSR count). The van der Waals surface area contributed by atoms with Crippen molar-refractivity contribution in [3.8, 4) is 0 Å². The molecule has 0 radical (unpaired) electrons. The van der Waals surface area contributed by atoms with Gasteiger partial charge >= 0.3 is 0 Å². The summed E-state index contributed by atoms with van der Waals surface area (Å²) in [6.45, 7) is 2.93. The summed E-state index contributed by atoms with van der Waals surface area (Å²) in [6, 6.07) is 7.30. The Bertz CT molecular complexity index is 372. The van der Waals surface area contributed by atoms with E-state index < -0.39 is 0 Å². The van der Waals surface area contributed by atoms with Crippen molar-refractivity contribution < 1.29 is 9.90 Å². The maximum absolute atomic E-state index is 11.8. The first-order chi connectivity index (χ1) is 9.15. The lowest BCUT2D eigenvalue weighted by Gasteiger charge is -2.15. The summed E-state index contributed by atoms with van der Waals surface area (Å²) < 4.78 is 0. The van der Waals surface area contributed by atoms with Gasteiger partial charge < -0.3 is 10.4 Å². The molecule has 0 saturated heterocycles. The van der Waals surface area contributed by atoms with Crippen LogP contribution in [0.15, 0.2) is 24.3 Å². The number of aliphatic hydroxyl groups is 1. The molecule has 0 aromatic heterocycles. The first-order valence-corrected chi connectivity index (χ1v) is 7.15. The molecular weight excluding hydrogens is 262 g/mol. The molecule has 0 bridgehead atoms. The standard InChI is InChI=1S/C15H22ClNO2/c1-2-3-13(8-9-18)11-17-15(19)10-12-4-6-14(16)7-5-12/h4-7,13,18H,2-3,8-11H2,1H3,(H,17,19). The Morgan fingerprint density at radius 3 is 2.58 bits per heavy atom. The lowest BCUT2D eigenvalue weighted by Crippen LogP contribution is -2.30. The third kappa shape index (κ3) is 6.60. The maximum atomic E-state index is 11.8. The van der Waals surface area contributed by atoms with Crippen LogP contribution >= 0.6 is 11.6 Å². The molecule has 2 N–H and O–H groups in total. The predicted octanol–water partition coefficient (Wildman–Crippen LogP) is 2.80. The molecule has 1 amide bonds. The van der Waals surface area contributed by atoms with Crippen LogP contribution in [0.5, 0.6) is 0 Å². The molecule has 0 aliphatic carbocycles. The van der Waals surface area contributed by atoms with Gasteiger partial charge in [0.1, 0.15) is 0 Å². The molecule has 0 aliphatic heterocycles. The molecule has 0 spiro atoms. The van der Waals surface area contributed by atoms with Crippen molar-refractivity contribution in [2.45, 2.75) is 32.6 Å².